The van der Waals surface area contributed by atoms with Gasteiger partial charge in [0.25, 0.3) is 11.6 Å². The molecule has 1 unspecified atom stereocenters. The van der Waals surface area contributed by atoms with Crippen molar-refractivity contribution in [2.24, 2.45) is 0 Å². The lowest BCUT2D eigenvalue weighted by molar-refractivity contribution is -0.384. The number of hydrogen-bond donors (Lipinski definition) is 1. The Hall–Kier alpha value is -2.28. The van der Waals surface area contributed by atoms with Crippen LogP contribution in [0.2, 0.25) is 0 Å². The highest BCUT2D eigenvalue weighted by Crippen LogP contribution is 2.26. The molecule has 0 aliphatic rings. The van der Waals surface area contributed by atoms with E-state index >= 15 is 0 Å². The molecule has 1 atom stereocenters. The SMILES string of the molecule is CNC(C)Cc1noc(-c2cc([N+](=O)[O-])ccc2C)n1. The second-order valence-corrected chi connectivity index (χ2v) is 4.67. The van der Waals surface area contributed by atoms with E-state index < -0.39 is 4.92 Å². The summed E-state index contributed by atoms with van der Waals surface area (Å²) >= 11 is 0. The number of nitro benzene ring substituents is 1. The highest BCUT2D eigenvalue weighted by Gasteiger charge is 2.16. The molecule has 0 fully saturated rings. The van der Waals surface area contributed by atoms with Gasteiger partial charge in [-0.1, -0.05) is 11.2 Å². The molecule has 1 heterocycles. The van der Waals surface area contributed by atoms with Gasteiger partial charge in [-0.05, 0) is 26.5 Å². The van der Waals surface area contributed by atoms with Crippen LogP contribution in [0.5, 0.6) is 0 Å². The van der Waals surface area contributed by atoms with Crippen LogP contribution in [0.15, 0.2) is 22.7 Å². The molecule has 0 aliphatic heterocycles. The molecule has 1 N–H and O–H groups in total. The second kappa shape index (κ2) is 5.79. The number of rotatable bonds is 5. The van der Waals surface area contributed by atoms with E-state index in [9.17, 15) is 10.1 Å². The summed E-state index contributed by atoms with van der Waals surface area (Å²) in [6, 6.07) is 4.81. The fourth-order valence-corrected chi connectivity index (χ4v) is 1.78. The van der Waals surface area contributed by atoms with Crippen molar-refractivity contribution < 1.29 is 9.45 Å². The molecule has 0 aliphatic carbocycles. The first-order chi connectivity index (χ1) is 9.51. The average molecular weight is 276 g/mol. The topological polar surface area (TPSA) is 94.1 Å². The fraction of sp³-hybridized carbons (Fsp3) is 0.385. The van der Waals surface area contributed by atoms with Gasteiger partial charge in [-0.3, -0.25) is 10.1 Å². The van der Waals surface area contributed by atoms with Gasteiger partial charge < -0.3 is 9.84 Å². The predicted molar refractivity (Wildman–Crippen MR) is 73.4 cm³/mol. The van der Waals surface area contributed by atoms with Crippen LogP contribution in [0.3, 0.4) is 0 Å². The normalized spacial score (nSPS) is 12.3. The maximum atomic E-state index is 10.8. The van der Waals surface area contributed by atoms with Crippen LogP contribution < -0.4 is 5.32 Å². The van der Waals surface area contributed by atoms with Crippen molar-refractivity contribution in [1.82, 2.24) is 15.5 Å². The summed E-state index contributed by atoms with van der Waals surface area (Å²) in [7, 11) is 1.86. The molecule has 0 saturated heterocycles. The summed E-state index contributed by atoms with van der Waals surface area (Å²) in [6.45, 7) is 3.85. The van der Waals surface area contributed by atoms with E-state index in [0.29, 0.717) is 23.7 Å². The maximum absolute atomic E-state index is 10.8. The van der Waals surface area contributed by atoms with Gasteiger partial charge >= 0.3 is 0 Å². The Morgan fingerprint density at radius 3 is 2.90 bits per heavy atom. The van der Waals surface area contributed by atoms with Gasteiger partial charge in [0.1, 0.15) is 0 Å². The van der Waals surface area contributed by atoms with Crippen molar-refractivity contribution in [3.8, 4) is 11.5 Å². The smallest absolute Gasteiger partial charge is 0.270 e. The summed E-state index contributed by atoms with van der Waals surface area (Å²) in [5, 5.41) is 17.8. The Morgan fingerprint density at radius 2 is 2.25 bits per heavy atom. The summed E-state index contributed by atoms with van der Waals surface area (Å²) in [4.78, 5) is 14.7. The van der Waals surface area contributed by atoms with Crippen molar-refractivity contribution in [3.05, 3.63) is 39.7 Å². The number of nitrogens with zero attached hydrogens (tertiary/aromatic N) is 3. The molecule has 0 amide bonds. The molecule has 7 nitrogen and oxygen atoms in total. The van der Waals surface area contributed by atoms with Crippen LogP contribution in [-0.2, 0) is 6.42 Å². The fourth-order valence-electron chi connectivity index (χ4n) is 1.78. The van der Waals surface area contributed by atoms with Gasteiger partial charge in [0.2, 0.25) is 0 Å². The molecular weight excluding hydrogens is 260 g/mol. The molecule has 106 valence electrons. The van der Waals surface area contributed by atoms with Gasteiger partial charge in [0.15, 0.2) is 5.82 Å². The van der Waals surface area contributed by atoms with Crippen molar-refractivity contribution in [3.63, 3.8) is 0 Å². The number of nitro groups is 1. The Balaban J connectivity index is 2.32. The van der Waals surface area contributed by atoms with Crippen LogP contribution in [-0.4, -0.2) is 28.2 Å². The molecule has 0 bridgehead atoms. The molecule has 0 radical (unpaired) electrons. The van der Waals surface area contributed by atoms with E-state index in [1.54, 1.807) is 6.07 Å². The van der Waals surface area contributed by atoms with Crippen LogP contribution >= 0.6 is 0 Å². The number of benzene rings is 1. The van der Waals surface area contributed by atoms with Crippen LogP contribution in [0.25, 0.3) is 11.5 Å². The Labute approximate surface area is 116 Å². The van der Waals surface area contributed by atoms with Gasteiger partial charge in [0, 0.05) is 30.2 Å². The van der Waals surface area contributed by atoms with E-state index in [2.05, 4.69) is 15.5 Å². The summed E-state index contributed by atoms with van der Waals surface area (Å²) < 4.78 is 5.20. The van der Waals surface area contributed by atoms with Gasteiger partial charge in [-0.25, -0.2) is 0 Å². The van der Waals surface area contributed by atoms with E-state index in [-0.39, 0.29) is 11.7 Å². The zero-order valence-corrected chi connectivity index (χ0v) is 11.6. The predicted octanol–water partition coefficient (Wildman–Crippen LogP) is 2.10. The van der Waals surface area contributed by atoms with E-state index in [1.165, 1.54) is 12.1 Å². The first-order valence-corrected chi connectivity index (χ1v) is 6.26. The quantitative estimate of drug-likeness (QED) is 0.664. The Bertz CT molecular complexity index is 624. The lowest BCUT2D eigenvalue weighted by atomic mass is 10.1. The van der Waals surface area contributed by atoms with Crippen LogP contribution in [0.1, 0.15) is 18.3 Å². The molecule has 0 saturated carbocycles. The Kier molecular flexibility index (Phi) is 4.09. The van der Waals surface area contributed by atoms with Crippen molar-refractivity contribution in [1.29, 1.82) is 0 Å². The lowest BCUT2D eigenvalue weighted by Crippen LogP contribution is -2.24. The molecule has 0 spiro atoms. The maximum Gasteiger partial charge on any atom is 0.270 e. The van der Waals surface area contributed by atoms with Crippen LogP contribution in [0.4, 0.5) is 5.69 Å². The zero-order valence-electron chi connectivity index (χ0n) is 11.6. The number of aryl methyl sites for hydroxylation is 1. The van der Waals surface area contributed by atoms with Crippen molar-refractivity contribution in [2.45, 2.75) is 26.3 Å². The zero-order chi connectivity index (χ0) is 14.7. The van der Waals surface area contributed by atoms with E-state index in [4.69, 9.17) is 4.52 Å². The summed E-state index contributed by atoms with van der Waals surface area (Å²) in [6.07, 6.45) is 0.633. The number of hydrogen-bond acceptors (Lipinski definition) is 6. The molecule has 7 heteroatoms. The second-order valence-electron chi connectivity index (χ2n) is 4.67. The highest BCUT2D eigenvalue weighted by molar-refractivity contribution is 5.62. The summed E-state index contributed by atoms with van der Waals surface area (Å²) in [5.41, 5.74) is 1.46. The van der Waals surface area contributed by atoms with Crippen LogP contribution in [0, 0.1) is 17.0 Å². The van der Waals surface area contributed by atoms with Gasteiger partial charge in [0.05, 0.1) is 4.92 Å². The van der Waals surface area contributed by atoms with E-state index in [0.717, 1.165) is 5.56 Å². The minimum Gasteiger partial charge on any atom is -0.334 e. The molecule has 2 aromatic rings. The van der Waals surface area contributed by atoms with Gasteiger partial charge in [-0.15, -0.1) is 0 Å². The third kappa shape index (κ3) is 3.00. The molecule has 1 aromatic carbocycles. The largest absolute Gasteiger partial charge is 0.334 e. The molecule has 2 rings (SSSR count). The van der Waals surface area contributed by atoms with Gasteiger partial charge in [-0.2, -0.15) is 4.98 Å². The molecule has 1 aromatic heterocycles. The van der Waals surface area contributed by atoms with Crippen molar-refractivity contribution >= 4 is 5.69 Å². The van der Waals surface area contributed by atoms with E-state index in [1.807, 2.05) is 20.9 Å². The highest BCUT2D eigenvalue weighted by atomic mass is 16.6. The first kappa shape index (κ1) is 14.1. The number of likely N-dealkylation sites (N-methyl/N-ethyl adjacent to an activating group) is 1. The molecular formula is C13H16N4O3. The molecule has 20 heavy (non-hydrogen) atoms. The first-order valence-electron chi connectivity index (χ1n) is 6.26. The third-order valence-corrected chi connectivity index (χ3v) is 3.11. The number of non-ortho nitro benzene ring substituents is 1. The monoisotopic (exact) mass is 276 g/mol. The summed E-state index contributed by atoms with van der Waals surface area (Å²) in [5.74, 6) is 0.886. The number of aromatic nitrogens is 2. The minimum atomic E-state index is -0.441. The average Bonchev–Trinajstić information content (AvgIpc) is 2.87. The third-order valence-electron chi connectivity index (χ3n) is 3.11. The standard InChI is InChI=1S/C13H16N4O3/c1-8-4-5-10(17(18)19)7-11(8)13-15-12(16-20-13)6-9(2)14-3/h4-5,7,9,14H,6H2,1-3H3. The van der Waals surface area contributed by atoms with Crippen molar-refractivity contribution in [2.75, 3.05) is 7.05 Å². The Morgan fingerprint density at radius 1 is 1.50 bits per heavy atom. The number of nitrogens with one attached hydrogen (secondary N) is 1. The minimum absolute atomic E-state index is 0.00828. The lowest BCUT2D eigenvalue weighted by Gasteiger charge is -2.04.